The van der Waals surface area contributed by atoms with Crippen LogP contribution in [0.2, 0.25) is 0 Å². The number of aromatic nitrogens is 2. The van der Waals surface area contributed by atoms with Crippen LogP contribution in [-0.2, 0) is 4.74 Å². The van der Waals surface area contributed by atoms with Crippen molar-refractivity contribution in [1.82, 2.24) is 9.97 Å². The van der Waals surface area contributed by atoms with E-state index in [0.29, 0.717) is 43.0 Å². The molecule has 1 fully saturated rings. The van der Waals surface area contributed by atoms with Crippen LogP contribution in [0.1, 0.15) is 17.2 Å². The van der Waals surface area contributed by atoms with Gasteiger partial charge in [-0.3, -0.25) is 0 Å². The topological polar surface area (TPSA) is 82.7 Å². The highest BCUT2D eigenvalue weighted by molar-refractivity contribution is 5.91. The SMILES string of the molecule is COc1cc2nc(N3CCOC(c4ccccc4C)C3)nc(N)c2cc1OC. The Bertz CT molecular complexity index is 1010. The zero-order chi connectivity index (χ0) is 19.7. The van der Waals surface area contributed by atoms with E-state index < -0.39 is 0 Å². The van der Waals surface area contributed by atoms with Crippen LogP contribution in [0.5, 0.6) is 11.5 Å². The number of nitrogens with two attached hydrogens (primary N) is 1. The molecule has 2 N–H and O–H groups in total. The molecule has 1 unspecified atom stereocenters. The van der Waals surface area contributed by atoms with Crippen molar-refractivity contribution in [2.75, 3.05) is 44.5 Å². The summed E-state index contributed by atoms with van der Waals surface area (Å²) in [5, 5.41) is 0.741. The summed E-state index contributed by atoms with van der Waals surface area (Å²) < 4.78 is 16.8. The van der Waals surface area contributed by atoms with Gasteiger partial charge in [-0.25, -0.2) is 4.98 Å². The molecule has 0 radical (unpaired) electrons. The Hall–Kier alpha value is -3.06. The molecule has 1 aliphatic heterocycles. The van der Waals surface area contributed by atoms with E-state index in [1.54, 1.807) is 14.2 Å². The van der Waals surface area contributed by atoms with E-state index in [9.17, 15) is 0 Å². The second kappa shape index (κ2) is 7.52. The van der Waals surface area contributed by atoms with Crippen LogP contribution in [0, 0.1) is 6.92 Å². The van der Waals surface area contributed by atoms with Crippen molar-refractivity contribution in [2.45, 2.75) is 13.0 Å². The highest BCUT2D eigenvalue weighted by atomic mass is 16.5. The normalized spacial score (nSPS) is 17.0. The van der Waals surface area contributed by atoms with Gasteiger partial charge in [0.1, 0.15) is 11.9 Å². The van der Waals surface area contributed by atoms with E-state index >= 15 is 0 Å². The molecule has 1 aliphatic rings. The van der Waals surface area contributed by atoms with Gasteiger partial charge in [-0.05, 0) is 24.1 Å². The van der Waals surface area contributed by atoms with E-state index in [1.807, 2.05) is 24.3 Å². The predicted molar refractivity (Wildman–Crippen MR) is 109 cm³/mol. The average Bonchev–Trinajstić information content (AvgIpc) is 2.73. The number of fused-ring (bicyclic) bond motifs is 1. The summed E-state index contributed by atoms with van der Waals surface area (Å²) in [5.41, 5.74) is 9.37. The molecule has 7 nitrogen and oxygen atoms in total. The number of hydrogen-bond donors (Lipinski definition) is 1. The highest BCUT2D eigenvalue weighted by Gasteiger charge is 2.25. The van der Waals surface area contributed by atoms with Gasteiger partial charge >= 0.3 is 0 Å². The zero-order valence-corrected chi connectivity index (χ0v) is 16.3. The van der Waals surface area contributed by atoms with Crippen molar-refractivity contribution in [3.8, 4) is 11.5 Å². The van der Waals surface area contributed by atoms with Gasteiger partial charge in [-0.1, -0.05) is 24.3 Å². The number of morpholine rings is 1. The molecule has 2 aromatic carbocycles. The van der Waals surface area contributed by atoms with E-state index in [-0.39, 0.29) is 6.10 Å². The number of hydrogen-bond acceptors (Lipinski definition) is 7. The van der Waals surface area contributed by atoms with Crippen LogP contribution >= 0.6 is 0 Å². The van der Waals surface area contributed by atoms with Crippen LogP contribution in [0.4, 0.5) is 11.8 Å². The number of aryl methyl sites for hydroxylation is 1. The Balaban J connectivity index is 1.69. The smallest absolute Gasteiger partial charge is 0.228 e. The Labute approximate surface area is 164 Å². The van der Waals surface area contributed by atoms with E-state index in [4.69, 9.17) is 24.9 Å². The van der Waals surface area contributed by atoms with Crippen LogP contribution in [0.3, 0.4) is 0 Å². The third-order valence-corrected chi connectivity index (χ3v) is 5.10. The molecule has 7 heteroatoms. The van der Waals surface area contributed by atoms with Gasteiger partial charge in [0.25, 0.3) is 0 Å². The highest BCUT2D eigenvalue weighted by Crippen LogP contribution is 2.35. The predicted octanol–water partition coefficient (Wildman–Crippen LogP) is 3.12. The van der Waals surface area contributed by atoms with E-state index in [0.717, 1.165) is 10.9 Å². The molecular formula is C21H24N4O3. The minimum atomic E-state index is -0.0270. The molecule has 1 aromatic heterocycles. The van der Waals surface area contributed by atoms with E-state index in [2.05, 4.69) is 28.9 Å². The molecule has 0 amide bonds. The van der Waals surface area contributed by atoms with Crippen molar-refractivity contribution >= 4 is 22.7 Å². The Morgan fingerprint density at radius 1 is 1.11 bits per heavy atom. The van der Waals surface area contributed by atoms with Crippen molar-refractivity contribution in [2.24, 2.45) is 0 Å². The number of anilines is 2. The molecule has 2 heterocycles. The average molecular weight is 380 g/mol. The molecule has 0 aliphatic carbocycles. The second-order valence-corrected chi connectivity index (χ2v) is 6.80. The number of rotatable bonds is 4. The third kappa shape index (κ3) is 3.29. The van der Waals surface area contributed by atoms with Crippen LogP contribution in [0.25, 0.3) is 10.9 Å². The Morgan fingerprint density at radius 3 is 2.61 bits per heavy atom. The summed E-state index contributed by atoms with van der Waals surface area (Å²) in [6, 6.07) is 11.9. The number of nitrogen functional groups attached to an aromatic ring is 1. The molecule has 146 valence electrons. The minimum absolute atomic E-state index is 0.0270. The second-order valence-electron chi connectivity index (χ2n) is 6.80. The number of benzene rings is 2. The lowest BCUT2D eigenvalue weighted by Gasteiger charge is -2.34. The summed E-state index contributed by atoms with van der Waals surface area (Å²) in [6.45, 7) is 4.08. The molecule has 28 heavy (non-hydrogen) atoms. The van der Waals surface area contributed by atoms with Gasteiger partial charge in [0, 0.05) is 18.0 Å². The number of nitrogens with zero attached hydrogens (tertiary/aromatic N) is 3. The van der Waals surface area contributed by atoms with E-state index in [1.165, 1.54) is 11.1 Å². The largest absolute Gasteiger partial charge is 0.493 e. The standard InChI is InChI=1S/C21H24N4O3/c1-13-6-4-5-7-14(13)19-12-25(8-9-28-19)21-23-16-11-18(27-3)17(26-2)10-15(16)20(22)24-21/h4-7,10-11,19H,8-9,12H2,1-3H3,(H2,22,23,24). The fourth-order valence-electron chi connectivity index (χ4n) is 3.58. The van der Waals surface area contributed by atoms with Crippen LogP contribution in [0.15, 0.2) is 36.4 Å². The fraction of sp³-hybridized carbons (Fsp3) is 0.333. The summed E-state index contributed by atoms with van der Waals surface area (Å²) in [6.07, 6.45) is -0.0270. The summed E-state index contributed by atoms with van der Waals surface area (Å²) >= 11 is 0. The summed E-state index contributed by atoms with van der Waals surface area (Å²) in [5.74, 6) is 2.22. The van der Waals surface area contributed by atoms with Crippen molar-refractivity contribution in [3.63, 3.8) is 0 Å². The minimum Gasteiger partial charge on any atom is -0.493 e. The van der Waals surface area contributed by atoms with Crippen LogP contribution < -0.4 is 20.1 Å². The molecule has 1 atom stereocenters. The first-order chi connectivity index (χ1) is 13.6. The fourth-order valence-corrected chi connectivity index (χ4v) is 3.58. The van der Waals surface area contributed by atoms with Crippen molar-refractivity contribution in [1.29, 1.82) is 0 Å². The molecule has 1 saturated heterocycles. The van der Waals surface area contributed by atoms with Gasteiger partial charge in [0.05, 0.1) is 32.9 Å². The molecular weight excluding hydrogens is 356 g/mol. The first kappa shape index (κ1) is 18.3. The summed E-state index contributed by atoms with van der Waals surface area (Å²) in [4.78, 5) is 11.4. The lowest BCUT2D eigenvalue weighted by molar-refractivity contribution is 0.0389. The zero-order valence-electron chi connectivity index (χ0n) is 16.3. The van der Waals surface area contributed by atoms with Gasteiger partial charge in [-0.2, -0.15) is 4.98 Å². The van der Waals surface area contributed by atoms with Crippen molar-refractivity contribution in [3.05, 3.63) is 47.5 Å². The molecule has 0 spiro atoms. The maximum Gasteiger partial charge on any atom is 0.228 e. The maximum atomic E-state index is 6.24. The van der Waals surface area contributed by atoms with Gasteiger partial charge in [0.15, 0.2) is 11.5 Å². The third-order valence-electron chi connectivity index (χ3n) is 5.10. The van der Waals surface area contributed by atoms with Crippen molar-refractivity contribution < 1.29 is 14.2 Å². The monoisotopic (exact) mass is 380 g/mol. The number of ether oxygens (including phenoxy) is 3. The molecule has 4 rings (SSSR count). The lowest BCUT2D eigenvalue weighted by atomic mass is 10.0. The molecule has 0 saturated carbocycles. The Morgan fingerprint density at radius 2 is 1.86 bits per heavy atom. The first-order valence-electron chi connectivity index (χ1n) is 9.22. The quantitative estimate of drug-likeness (QED) is 0.744. The lowest BCUT2D eigenvalue weighted by Crippen LogP contribution is -2.39. The maximum absolute atomic E-state index is 6.24. The molecule has 3 aromatic rings. The van der Waals surface area contributed by atoms with Gasteiger partial charge in [0.2, 0.25) is 5.95 Å². The summed E-state index contributed by atoms with van der Waals surface area (Å²) in [7, 11) is 3.19. The van der Waals surface area contributed by atoms with Gasteiger partial charge in [-0.15, -0.1) is 0 Å². The molecule has 0 bridgehead atoms. The van der Waals surface area contributed by atoms with Gasteiger partial charge < -0.3 is 24.8 Å². The Kier molecular flexibility index (Phi) is 4.92. The number of methoxy groups -OCH3 is 2. The van der Waals surface area contributed by atoms with Crippen LogP contribution in [-0.4, -0.2) is 43.9 Å². The first-order valence-corrected chi connectivity index (χ1v) is 9.22.